The van der Waals surface area contributed by atoms with Crippen LogP contribution in [0.4, 0.5) is 0 Å². The Balaban J connectivity index is 1.28. The van der Waals surface area contributed by atoms with Gasteiger partial charge < -0.3 is 19.2 Å². The van der Waals surface area contributed by atoms with Gasteiger partial charge in [-0.25, -0.2) is 5.43 Å². The Labute approximate surface area is 171 Å². The molecule has 8 nitrogen and oxygen atoms in total. The number of carbonyl (C=O) groups is 1. The normalized spacial score (nSPS) is 20.9. The Bertz CT molecular complexity index is 1030. The highest BCUT2D eigenvalue weighted by Crippen LogP contribution is 2.33. The molecule has 2 atom stereocenters. The minimum atomic E-state index is -0.240. The molecular formula is C20H19N5O3S. The van der Waals surface area contributed by atoms with E-state index in [-0.39, 0.29) is 24.5 Å². The van der Waals surface area contributed by atoms with Crippen molar-refractivity contribution in [3.8, 4) is 17.1 Å². The van der Waals surface area contributed by atoms with Crippen LogP contribution in [-0.4, -0.2) is 39.1 Å². The zero-order valence-electron chi connectivity index (χ0n) is 15.7. The van der Waals surface area contributed by atoms with Crippen molar-refractivity contribution in [1.82, 2.24) is 25.5 Å². The van der Waals surface area contributed by atoms with Crippen molar-refractivity contribution in [3.63, 3.8) is 0 Å². The topological polar surface area (TPSA) is 83.7 Å². The largest absolute Gasteiger partial charge is 0.497 e. The summed E-state index contributed by atoms with van der Waals surface area (Å²) in [7, 11) is 1.62. The van der Waals surface area contributed by atoms with E-state index in [1.807, 2.05) is 46.9 Å². The van der Waals surface area contributed by atoms with Gasteiger partial charge in [0.25, 0.3) is 5.91 Å². The van der Waals surface area contributed by atoms with E-state index in [0.29, 0.717) is 11.7 Å². The summed E-state index contributed by atoms with van der Waals surface area (Å²) in [6.07, 6.45) is 4.36. The molecule has 29 heavy (non-hydrogen) atoms. The average molecular weight is 409 g/mol. The van der Waals surface area contributed by atoms with Gasteiger partial charge in [-0.15, -0.1) is 11.3 Å². The minimum absolute atomic E-state index is 0.0169. The molecule has 148 valence electrons. The number of thiophene rings is 1. The summed E-state index contributed by atoms with van der Waals surface area (Å²) in [5.41, 5.74) is 4.22. The molecule has 2 aliphatic heterocycles. The molecule has 5 rings (SSSR count). The number of amides is 1. The molecule has 3 aromatic rings. The number of ether oxygens (including phenoxy) is 1. The molecule has 0 aliphatic carbocycles. The maximum Gasteiger partial charge on any atom is 0.251 e. The van der Waals surface area contributed by atoms with Crippen molar-refractivity contribution >= 4 is 17.2 Å². The third kappa shape index (κ3) is 3.39. The molecule has 1 amide bonds. The molecule has 1 saturated heterocycles. The van der Waals surface area contributed by atoms with E-state index in [4.69, 9.17) is 9.26 Å². The second-order valence-corrected chi connectivity index (χ2v) is 7.84. The molecule has 4 heterocycles. The smallest absolute Gasteiger partial charge is 0.251 e. The van der Waals surface area contributed by atoms with Gasteiger partial charge in [0.1, 0.15) is 18.3 Å². The number of nitrogens with zero attached hydrogens (tertiary/aromatic N) is 4. The fourth-order valence-electron chi connectivity index (χ4n) is 3.57. The first kappa shape index (κ1) is 17.9. The molecule has 0 bridgehead atoms. The lowest BCUT2D eigenvalue weighted by molar-refractivity contribution is -0.135. The highest BCUT2D eigenvalue weighted by atomic mass is 32.1. The van der Waals surface area contributed by atoms with Gasteiger partial charge in [0.05, 0.1) is 13.2 Å². The van der Waals surface area contributed by atoms with Crippen molar-refractivity contribution in [2.45, 2.75) is 25.0 Å². The van der Waals surface area contributed by atoms with E-state index >= 15 is 0 Å². The van der Waals surface area contributed by atoms with Crippen molar-refractivity contribution in [2.75, 3.05) is 7.11 Å². The summed E-state index contributed by atoms with van der Waals surface area (Å²) in [5, 5.41) is 7.97. The summed E-state index contributed by atoms with van der Waals surface area (Å²) in [4.78, 5) is 20.3. The van der Waals surface area contributed by atoms with Gasteiger partial charge >= 0.3 is 0 Å². The zero-order chi connectivity index (χ0) is 19.8. The lowest BCUT2D eigenvalue weighted by atomic mass is 10.1. The molecule has 2 aromatic heterocycles. The van der Waals surface area contributed by atoms with Gasteiger partial charge in [-0.05, 0) is 35.7 Å². The van der Waals surface area contributed by atoms with Crippen LogP contribution in [0.15, 0.2) is 58.7 Å². The Hall–Kier alpha value is -3.17. The standard InChI is InChI=1S/C20H19N5O3S/c1-27-14-6-4-13(5-7-14)19-21-18(28-23-19)12-24-8-9-25-16(20(24)26)11-15(22-25)17-3-2-10-29-17/h2-10,15-16,22H,11-12H2,1H3. The van der Waals surface area contributed by atoms with Crippen molar-refractivity contribution in [2.24, 2.45) is 0 Å². The molecule has 2 aliphatic rings. The van der Waals surface area contributed by atoms with Crippen molar-refractivity contribution in [1.29, 1.82) is 0 Å². The Morgan fingerprint density at radius 1 is 1.28 bits per heavy atom. The van der Waals surface area contributed by atoms with Gasteiger partial charge in [-0.1, -0.05) is 11.2 Å². The molecule has 1 fully saturated rings. The predicted molar refractivity (Wildman–Crippen MR) is 106 cm³/mol. The first-order chi connectivity index (χ1) is 14.2. The van der Waals surface area contributed by atoms with Crippen LogP contribution in [-0.2, 0) is 11.3 Å². The summed E-state index contributed by atoms with van der Waals surface area (Å²) in [6.45, 7) is 0.243. The van der Waals surface area contributed by atoms with Gasteiger partial charge in [-0.2, -0.15) is 4.98 Å². The quantitative estimate of drug-likeness (QED) is 0.694. The maximum atomic E-state index is 13.0. The SMILES string of the molecule is COc1ccc(-c2noc(CN3C=CN4NC(c5cccs5)CC4C3=O)n2)cc1. The summed E-state index contributed by atoms with van der Waals surface area (Å²) in [6, 6.07) is 11.4. The monoisotopic (exact) mass is 409 g/mol. The molecule has 1 aromatic carbocycles. The maximum absolute atomic E-state index is 13.0. The molecule has 9 heteroatoms. The highest BCUT2D eigenvalue weighted by Gasteiger charge is 2.40. The first-order valence-corrected chi connectivity index (χ1v) is 10.1. The Kier molecular flexibility index (Phi) is 4.53. The molecule has 2 unspecified atom stereocenters. The van der Waals surface area contributed by atoms with E-state index in [1.54, 1.807) is 29.5 Å². The number of hydrogen-bond donors (Lipinski definition) is 1. The van der Waals surface area contributed by atoms with E-state index < -0.39 is 0 Å². The molecule has 0 radical (unpaired) electrons. The number of rotatable bonds is 5. The number of benzene rings is 1. The molecule has 0 spiro atoms. The summed E-state index contributed by atoms with van der Waals surface area (Å²) < 4.78 is 10.5. The van der Waals surface area contributed by atoms with Crippen LogP contribution >= 0.6 is 11.3 Å². The molecular weight excluding hydrogens is 390 g/mol. The minimum Gasteiger partial charge on any atom is -0.497 e. The van der Waals surface area contributed by atoms with E-state index in [9.17, 15) is 4.79 Å². The summed E-state index contributed by atoms with van der Waals surface area (Å²) >= 11 is 1.69. The number of hydrogen-bond acceptors (Lipinski definition) is 8. The van der Waals surface area contributed by atoms with Gasteiger partial charge in [0.2, 0.25) is 11.7 Å². The van der Waals surface area contributed by atoms with Crippen LogP contribution in [0.1, 0.15) is 23.2 Å². The van der Waals surface area contributed by atoms with E-state index in [1.165, 1.54) is 4.88 Å². The van der Waals surface area contributed by atoms with Gasteiger partial charge in [-0.3, -0.25) is 4.79 Å². The van der Waals surface area contributed by atoms with Crippen molar-refractivity contribution < 1.29 is 14.1 Å². The molecule has 0 saturated carbocycles. The summed E-state index contributed by atoms with van der Waals surface area (Å²) in [5.74, 6) is 1.65. The lowest BCUT2D eigenvalue weighted by Gasteiger charge is -2.30. The zero-order valence-corrected chi connectivity index (χ0v) is 16.5. The lowest BCUT2D eigenvalue weighted by Crippen LogP contribution is -2.47. The fraction of sp³-hybridized carbons (Fsp3) is 0.250. The predicted octanol–water partition coefficient (Wildman–Crippen LogP) is 2.94. The number of fused-ring (bicyclic) bond motifs is 1. The van der Waals surface area contributed by atoms with Crippen LogP contribution < -0.4 is 10.2 Å². The van der Waals surface area contributed by atoms with Crippen LogP contribution in [0.2, 0.25) is 0 Å². The molecule has 1 N–H and O–H groups in total. The van der Waals surface area contributed by atoms with Crippen LogP contribution in [0.25, 0.3) is 11.4 Å². The van der Waals surface area contributed by atoms with Crippen LogP contribution in [0.5, 0.6) is 5.75 Å². The number of hydrazine groups is 1. The second kappa shape index (κ2) is 7.34. The number of carbonyl (C=O) groups excluding carboxylic acids is 1. The number of aromatic nitrogens is 2. The second-order valence-electron chi connectivity index (χ2n) is 6.86. The van der Waals surface area contributed by atoms with Crippen molar-refractivity contribution in [3.05, 3.63) is 64.9 Å². The third-order valence-electron chi connectivity index (χ3n) is 5.08. The average Bonchev–Trinajstić information content (AvgIpc) is 3.50. The highest BCUT2D eigenvalue weighted by molar-refractivity contribution is 7.10. The number of methoxy groups -OCH3 is 1. The van der Waals surface area contributed by atoms with Gasteiger partial charge in [0.15, 0.2) is 0 Å². The Morgan fingerprint density at radius 3 is 2.90 bits per heavy atom. The third-order valence-corrected chi connectivity index (χ3v) is 6.07. The Morgan fingerprint density at radius 2 is 2.14 bits per heavy atom. The van der Waals surface area contributed by atoms with Crippen LogP contribution in [0.3, 0.4) is 0 Å². The number of nitrogens with one attached hydrogen (secondary N) is 1. The van der Waals surface area contributed by atoms with E-state index in [0.717, 1.165) is 17.7 Å². The first-order valence-electron chi connectivity index (χ1n) is 9.25. The van der Waals surface area contributed by atoms with E-state index in [2.05, 4.69) is 21.6 Å². The van der Waals surface area contributed by atoms with Gasteiger partial charge in [0, 0.05) is 29.3 Å². The van der Waals surface area contributed by atoms with Crippen LogP contribution in [0, 0.1) is 0 Å². The fourth-order valence-corrected chi connectivity index (χ4v) is 4.35.